The minimum Gasteiger partial charge on any atom is -0.496 e. The Hall–Kier alpha value is -1.29. The van der Waals surface area contributed by atoms with E-state index in [2.05, 4.69) is 33.2 Å². The molecule has 2 rings (SSSR count). The number of aromatic nitrogens is 1. The van der Waals surface area contributed by atoms with Crippen LogP contribution in [-0.4, -0.2) is 18.6 Å². The number of hydrogen-bond acceptors (Lipinski definition) is 3. The number of hydrogen-bond donors (Lipinski definition) is 1. The lowest BCUT2D eigenvalue weighted by molar-refractivity contribution is 0.420. The maximum Gasteiger partial charge on any atom is 0.130 e. The molecular weight excluding hydrogens is 268 g/mol. The van der Waals surface area contributed by atoms with Gasteiger partial charge in [0.1, 0.15) is 5.75 Å². The second-order valence-corrected chi connectivity index (χ2v) is 4.22. The molecule has 2 aromatic rings. The summed E-state index contributed by atoms with van der Waals surface area (Å²) in [5, 5.41) is 4.33. The molecule has 0 saturated heterocycles. The molecule has 0 bridgehead atoms. The van der Waals surface area contributed by atoms with Gasteiger partial charge >= 0.3 is 0 Å². The van der Waals surface area contributed by atoms with Crippen molar-refractivity contribution < 1.29 is 4.74 Å². The summed E-state index contributed by atoms with van der Waals surface area (Å²) < 4.78 is 6.34. The average molecular weight is 281 g/mol. The predicted octanol–water partition coefficient (Wildman–Crippen LogP) is 3.44. The molecule has 0 saturated carbocycles. The number of nitrogens with zero attached hydrogens (tertiary/aromatic N) is 1. The molecule has 0 unspecified atom stereocenters. The van der Waals surface area contributed by atoms with E-state index in [4.69, 9.17) is 4.74 Å². The van der Waals surface area contributed by atoms with E-state index in [0.717, 1.165) is 33.4 Å². The minimum absolute atomic E-state index is 0.835. The Kier molecular flexibility index (Phi) is 3.29. The van der Waals surface area contributed by atoms with Gasteiger partial charge in [0.25, 0.3) is 0 Å². The van der Waals surface area contributed by atoms with Gasteiger partial charge in [-0.25, -0.2) is 0 Å². The number of rotatable bonds is 3. The number of methoxy groups -OCH3 is 1. The Bertz CT molecular complexity index is 514. The summed E-state index contributed by atoms with van der Waals surface area (Å²) in [7, 11) is 1.67. The van der Waals surface area contributed by atoms with Crippen molar-refractivity contribution in [3.63, 3.8) is 0 Å². The Morgan fingerprint density at radius 2 is 2.19 bits per heavy atom. The molecular formula is C12H13BrN2O. The molecule has 0 atom stereocenters. The van der Waals surface area contributed by atoms with Crippen molar-refractivity contribution in [2.45, 2.75) is 6.92 Å². The summed E-state index contributed by atoms with van der Waals surface area (Å²) in [4.78, 5) is 4.37. The SMILES string of the molecule is CCNc1ccnc2c(Br)ccc(OC)c12. The molecule has 0 aliphatic heterocycles. The minimum atomic E-state index is 0.835. The molecule has 3 nitrogen and oxygen atoms in total. The molecule has 16 heavy (non-hydrogen) atoms. The molecule has 84 valence electrons. The van der Waals surface area contributed by atoms with Crippen molar-refractivity contribution in [3.8, 4) is 5.75 Å². The van der Waals surface area contributed by atoms with Gasteiger partial charge in [0.05, 0.1) is 18.0 Å². The Morgan fingerprint density at radius 1 is 1.38 bits per heavy atom. The molecule has 4 heteroatoms. The van der Waals surface area contributed by atoms with Gasteiger partial charge in [0.15, 0.2) is 0 Å². The number of anilines is 1. The zero-order valence-corrected chi connectivity index (χ0v) is 10.8. The Balaban J connectivity index is 2.77. The first-order valence-corrected chi connectivity index (χ1v) is 5.92. The third-order valence-electron chi connectivity index (χ3n) is 2.39. The molecule has 1 aromatic carbocycles. The van der Waals surface area contributed by atoms with Crippen LogP contribution in [0, 0.1) is 0 Å². The molecule has 0 fully saturated rings. The van der Waals surface area contributed by atoms with E-state index in [9.17, 15) is 0 Å². The van der Waals surface area contributed by atoms with Gasteiger partial charge in [0, 0.05) is 22.9 Å². The van der Waals surface area contributed by atoms with Gasteiger partial charge < -0.3 is 10.1 Å². The van der Waals surface area contributed by atoms with Gasteiger partial charge in [0.2, 0.25) is 0 Å². The van der Waals surface area contributed by atoms with E-state index in [1.807, 2.05) is 18.2 Å². The molecule has 0 spiro atoms. The standard InChI is InChI=1S/C12H13BrN2O/c1-3-14-9-6-7-15-12-8(13)4-5-10(16-2)11(9)12/h4-7H,3H2,1-2H3,(H,14,15). The van der Waals surface area contributed by atoms with E-state index >= 15 is 0 Å². The molecule has 0 radical (unpaired) electrons. The van der Waals surface area contributed by atoms with Crippen LogP contribution in [0.4, 0.5) is 5.69 Å². The fraction of sp³-hybridized carbons (Fsp3) is 0.250. The number of ether oxygens (including phenoxy) is 1. The third kappa shape index (κ3) is 1.85. The van der Waals surface area contributed by atoms with Crippen molar-refractivity contribution >= 4 is 32.5 Å². The summed E-state index contributed by atoms with van der Waals surface area (Å²) >= 11 is 3.50. The number of fused-ring (bicyclic) bond motifs is 1. The zero-order chi connectivity index (χ0) is 11.5. The number of nitrogens with one attached hydrogen (secondary N) is 1. The smallest absolute Gasteiger partial charge is 0.130 e. The monoisotopic (exact) mass is 280 g/mol. The van der Waals surface area contributed by atoms with Gasteiger partial charge in [-0.2, -0.15) is 0 Å². The normalized spacial score (nSPS) is 10.4. The summed E-state index contributed by atoms with van der Waals surface area (Å²) in [6, 6.07) is 5.85. The number of benzene rings is 1. The summed E-state index contributed by atoms with van der Waals surface area (Å²) in [5.74, 6) is 0.835. The van der Waals surface area contributed by atoms with Gasteiger partial charge in [-0.3, -0.25) is 4.98 Å². The van der Waals surface area contributed by atoms with Crippen LogP contribution in [-0.2, 0) is 0 Å². The van der Waals surface area contributed by atoms with Crippen molar-refractivity contribution in [1.29, 1.82) is 0 Å². The van der Waals surface area contributed by atoms with Crippen molar-refractivity contribution in [2.75, 3.05) is 19.0 Å². The lowest BCUT2D eigenvalue weighted by Gasteiger charge is -2.11. The summed E-state index contributed by atoms with van der Waals surface area (Å²) in [6.45, 7) is 2.94. The van der Waals surface area contributed by atoms with Crippen LogP contribution < -0.4 is 10.1 Å². The quantitative estimate of drug-likeness (QED) is 0.935. The highest BCUT2D eigenvalue weighted by Gasteiger charge is 2.09. The maximum absolute atomic E-state index is 5.37. The summed E-state index contributed by atoms with van der Waals surface area (Å²) in [6.07, 6.45) is 1.80. The van der Waals surface area contributed by atoms with Crippen LogP contribution in [0.2, 0.25) is 0 Å². The molecule has 0 amide bonds. The first kappa shape index (κ1) is 11.2. The first-order chi connectivity index (χ1) is 7.77. The zero-order valence-electron chi connectivity index (χ0n) is 9.25. The van der Waals surface area contributed by atoms with Gasteiger partial charge in [-0.05, 0) is 41.1 Å². The van der Waals surface area contributed by atoms with E-state index in [-0.39, 0.29) is 0 Å². The molecule has 1 N–H and O–H groups in total. The van der Waals surface area contributed by atoms with Crippen LogP contribution in [0.1, 0.15) is 6.92 Å². The number of halogens is 1. The highest BCUT2D eigenvalue weighted by Crippen LogP contribution is 2.35. The van der Waals surface area contributed by atoms with E-state index in [1.165, 1.54) is 0 Å². The van der Waals surface area contributed by atoms with Gasteiger partial charge in [-0.15, -0.1) is 0 Å². The second kappa shape index (κ2) is 4.70. The van der Waals surface area contributed by atoms with Crippen LogP contribution >= 0.6 is 15.9 Å². The van der Waals surface area contributed by atoms with E-state index in [1.54, 1.807) is 13.3 Å². The second-order valence-electron chi connectivity index (χ2n) is 3.36. The van der Waals surface area contributed by atoms with Crippen LogP contribution in [0.15, 0.2) is 28.9 Å². The van der Waals surface area contributed by atoms with Crippen LogP contribution in [0.5, 0.6) is 5.75 Å². The third-order valence-corrected chi connectivity index (χ3v) is 3.03. The number of pyridine rings is 1. The fourth-order valence-electron chi connectivity index (χ4n) is 1.71. The summed E-state index contributed by atoms with van der Waals surface area (Å²) in [5.41, 5.74) is 1.96. The fourth-order valence-corrected chi connectivity index (χ4v) is 2.14. The van der Waals surface area contributed by atoms with Crippen molar-refractivity contribution in [3.05, 3.63) is 28.9 Å². The predicted molar refractivity (Wildman–Crippen MR) is 70.2 cm³/mol. The maximum atomic E-state index is 5.37. The average Bonchev–Trinajstić information content (AvgIpc) is 2.31. The van der Waals surface area contributed by atoms with Crippen molar-refractivity contribution in [1.82, 2.24) is 4.98 Å². The first-order valence-electron chi connectivity index (χ1n) is 5.13. The van der Waals surface area contributed by atoms with Gasteiger partial charge in [-0.1, -0.05) is 0 Å². The Labute approximate surface area is 103 Å². The largest absolute Gasteiger partial charge is 0.496 e. The van der Waals surface area contributed by atoms with Crippen LogP contribution in [0.25, 0.3) is 10.9 Å². The van der Waals surface area contributed by atoms with E-state index in [0.29, 0.717) is 0 Å². The lowest BCUT2D eigenvalue weighted by Crippen LogP contribution is -1.99. The topological polar surface area (TPSA) is 34.2 Å². The molecule has 1 heterocycles. The lowest BCUT2D eigenvalue weighted by atomic mass is 10.1. The molecule has 0 aliphatic rings. The van der Waals surface area contributed by atoms with E-state index < -0.39 is 0 Å². The molecule has 0 aliphatic carbocycles. The highest BCUT2D eigenvalue weighted by atomic mass is 79.9. The van der Waals surface area contributed by atoms with Crippen molar-refractivity contribution in [2.24, 2.45) is 0 Å². The van der Waals surface area contributed by atoms with Crippen LogP contribution in [0.3, 0.4) is 0 Å². The Morgan fingerprint density at radius 3 is 2.88 bits per heavy atom. The molecule has 1 aromatic heterocycles. The highest BCUT2D eigenvalue weighted by molar-refractivity contribution is 9.10.